The predicted octanol–water partition coefficient (Wildman–Crippen LogP) is -1.54. The molecule has 0 aliphatic carbocycles. The molecule has 4 amide bonds. The Balaban J connectivity index is 4.83. The molecule has 0 rings (SSSR count). The van der Waals surface area contributed by atoms with Crippen molar-refractivity contribution in [1.82, 2.24) is 21.3 Å². The summed E-state index contributed by atoms with van der Waals surface area (Å²) in [6, 6.07) is -2.17. The fourth-order valence-electron chi connectivity index (χ4n) is 1.46. The van der Waals surface area contributed by atoms with Crippen molar-refractivity contribution in [3.8, 4) is 0 Å². The van der Waals surface area contributed by atoms with Gasteiger partial charge < -0.3 is 26.4 Å². The van der Waals surface area contributed by atoms with Gasteiger partial charge in [0.15, 0.2) is 6.17 Å². The van der Waals surface area contributed by atoms with Gasteiger partial charge in [0, 0.05) is 12.8 Å². The smallest absolute Gasteiger partial charge is 0.325 e. The molecule has 0 bridgehead atoms. The normalized spacial score (nSPS) is 12.7. The number of amides is 4. The first-order chi connectivity index (χ1) is 11.1. The van der Waals surface area contributed by atoms with Crippen LogP contribution >= 0.6 is 0 Å². The molecule has 5 N–H and O–H groups in total. The van der Waals surface area contributed by atoms with Gasteiger partial charge in [-0.1, -0.05) is 13.8 Å². The number of carboxylic acid groups (broad SMARTS) is 1. The molecule has 0 aromatic heterocycles. The van der Waals surface area contributed by atoms with E-state index < -0.39 is 47.8 Å². The quantitative estimate of drug-likeness (QED) is 0.319. The van der Waals surface area contributed by atoms with Crippen LogP contribution in [0.3, 0.4) is 0 Å². The molecule has 2 atom stereocenters. The SMILES string of the molecule is CCC(=O)NC(NC(=O)CC)C(=O)NC(C)C(=O)NC(C)C(=O)O. The van der Waals surface area contributed by atoms with Gasteiger partial charge in [-0.25, -0.2) is 0 Å². The molecule has 10 nitrogen and oxygen atoms in total. The van der Waals surface area contributed by atoms with Crippen molar-refractivity contribution in [2.45, 2.75) is 58.8 Å². The second-order valence-electron chi connectivity index (χ2n) is 5.07. The first kappa shape index (κ1) is 21.4. The third-order valence-electron chi connectivity index (χ3n) is 3.00. The van der Waals surface area contributed by atoms with E-state index in [0.29, 0.717) is 0 Å². The van der Waals surface area contributed by atoms with E-state index in [1.807, 2.05) is 0 Å². The van der Waals surface area contributed by atoms with Gasteiger partial charge in [0.25, 0.3) is 5.91 Å². The molecule has 136 valence electrons. The predicted molar refractivity (Wildman–Crippen MR) is 83.5 cm³/mol. The Kier molecular flexibility index (Phi) is 9.06. The third-order valence-corrected chi connectivity index (χ3v) is 3.00. The average Bonchev–Trinajstić information content (AvgIpc) is 2.53. The summed E-state index contributed by atoms with van der Waals surface area (Å²) in [6.07, 6.45) is -1.10. The number of nitrogens with one attached hydrogen (secondary N) is 4. The van der Waals surface area contributed by atoms with Crippen molar-refractivity contribution in [2.24, 2.45) is 0 Å². The van der Waals surface area contributed by atoms with Gasteiger partial charge in [-0.2, -0.15) is 0 Å². The zero-order valence-corrected chi connectivity index (χ0v) is 14.1. The number of hydrogen-bond acceptors (Lipinski definition) is 5. The maximum Gasteiger partial charge on any atom is 0.325 e. The highest BCUT2D eigenvalue weighted by Crippen LogP contribution is 1.91. The highest BCUT2D eigenvalue weighted by atomic mass is 16.4. The molecule has 10 heteroatoms. The van der Waals surface area contributed by atoms with Crippen LogP contribution in [-0.2, 0) is 24.0 Å². The summed E-state index contributed by atoms with van der Waals surface area (Å²) in [5.41, 5.74) is 0. The maximum atomic E-state index is 12.1. The van der Waals surface area contributed by atoms with E-state index >= 15 is 0 Å². The standard InChI is InChI=1S/C14H24N4O6/c1-5-9(19)17-11(18-10(20)6-2)13(22)15-7(3)12(21)16-8(4)14(23)24/h7-8,11H,5-6H2,1-4H3,(H,15,22)(H,16,21)(H,17,19)(H,18,20)(H,23,24). The van der Waals surface area contributed by atoms with Crippen molar-refractivity contribution in [1.29, 1.82) is 0 Å². The minimum Gasteiger partial charge on any atom is -0.480 e. The monoisotopic (exact) mass is 344 g/mol. The van der Waals surface area contributed by atoms with Crippen LogP contribution in [0.5, 0.6) is 0 Å². The van der Waals surface area contributed by atoms with Gasteiger partial charge in [-0.15, -0.1) is 0 Å². The minimum atomic E-state index is -1.32. The van der Waals surface area contributed by atoms with E-state index in [1.165, 1.54) is 13.8 Å². The lowest BCUT2D eigenvalue weighted by molar-refractivity contribution is -0.141. The number of carbonyl (C=O) groups is 5. The Morgan fingerprint density at radius 3 is 1.54 bits per heavy atom. The van der Waals surface area contributed by atoms with Crippen LogP contribution in [0.15, 0.2) is 0 Å². The lowest BCUT2D eigenvalue weighted by atomic mass is 10.2. The first-order valence-corrected chi connectivity index (χ1v) is 7.54. The van der Waals surface area contributed by atoms with Crippen LogP contribution in [0.1, 0.15) is 40.5 Å². The molecule has 0 spiro atoms. The number of rotatable bonds is 9. The van der Waals surface area contributed by atoms with E-state index in [-0.39, 0.29) is 12.8 Å². The summed E-state index contributed by atoms with van der Waals surface area (Å²) in [4.78, 5) is 57.6. The highest BCUT2D eigenvalue weighted by Gasteiger charge is 2.26. The summed E-state index contributed by atoms with van der Waals surface area (Å²) in [7, 11) is 0. The Labute approximate surface area is 139 Å². The van der Waals surface area contributed by atoms with E-state index in [1.54, 1.807) is 13.8 Å². The van der Waals surface area contributed by atoms with Crippen LogP contribution in [0.25, 0.3) is 0 Å². The molecule has 0 radical (unpaired) electrons. The van der Waals surface area contributed by atoms with Gasteiger partial charge in [0.1, 0.15) is 12.1 Å². The molecule has 2 unspecified atom stereocenters. The summed E-state index contributed by atoms with van der Waals surface area (Å²) < 4.78 is 0. The molecular formula is C14H24N4O6. The lowest BCUT2D eigenvalue weighted by Crippen LogP contribution is -2.59. The van der Waals surface area contributed by atoms with E-state index in [2.05, 4.69) is 21.3 Å². The fourth-order valence-corrected chi connectivity index (χ4v) is 1.46. The average molecular weight is 344 g/mol. The molecule has 24 heavy (non-hydrogen) atoms. The van der Waals surface area contributed by atoms with Gasteiger partial charge in [-0.3, -0.25) is 24.0 Å². The molecule has 0 saturated heterocycles. The van der Waals surface area contributed by atoms with Crippen molar-refractivity contribution in [3.05, 3.63) is 0 Å². The van der Waals surface area contributed by atoms with Crippen molar-refractivity contribution >= 4 is 29.6 Å². The van der Waals surface area contributed by atoms with E-state index in [9.17, 15) is 24.0 Å². The van der Waals surface area contributed by atoms with Gasteiger partial charge in [-0.05, 0) is 13.8 Å². The number of aliphatic carboxylic acids is 1. The topological polar surface area (TPSA) is 154 Å². The third kappa shape index (κ3) is 7.56. The molecule has 0 aliphatic rings. The van der Waals surface area contributed by atoms with Crippen LogP contribution in [0.2, 0.25) is 0 Å². The largest absolute Gasteiger partial charge is 0.480 e. The van der Waals surface area contributed by atoms with Crippen LogP contribution in [0, 0.1) is 0 Å². The second-order valence-corrected chi connectivity index (χ2v) is 5.07. The molecule has 0 fully saturated rings. The zero-order valence-electron chi connectivity index (χ0n) is 14.1. The maximum absolute atomic E-state index is 12.1. The van der Waals surface area contributed by atoms with Gasteiger partial charge in [0.2, 0.25) is 17.7 Å². The number of hydrogen-bond donors (Lipinski definition) is 5. The molecule has 0 aromatic carbocycles. The van der Waals surface area contributed by atoms with Gasteiger partial charge in [0.05, 0.1) is 0 Å². The van der Waals surface area contributed by atoms with Crippen LogP contribution < -0.4 is 21.3 Å². The minimum absolute atomic E-state index is 0.109. The Hall–Kier alpha value is -2.65. The van der Waals surface area contributed by atoms with Crippen molar-refractivity contribution in [3.63, 3.8) is 0 Å². The lowest BCUT2D eigenvalue weighted by Gasteiger charge is -2.22. The Morgan fingerprint density at radius 2 is 1.17 bits per heavy atom. The molecule has 0 heterocycles. The summed E-state index contributed by atoms with van der Waals surface area (Å²) in [5.74, 6) is -3.62. The van der Waals surface area contributed by atoms with Crippen molar-refractivity contribution < 1.29 is 29.1 Å². The van der Waals surface area contributed by atoms with E-state index in [0.717, 1.165) is 0 Å². The van der Waals surface area contributed by atoms with Crippen LogP contribution in [0.4, 0.5) is 0 Å². The fraction of sp³-hybridized carbons (Fsp3) is 0.643. The summed E-state index contributed by atoms with van der Waals surface area (Å²) >= 11 is 0. The highest BCUT2D eigenvalue weighted by molar-refractivity contribution is 5.94. The molecular weight excluding hydrogens is 320 g/mol. The van der Waals surface area contributed by atoms with Gasteiger partial charge >= 0.3 is 5.97 Å². The summed E-state index contributed by atoms with van der Waals surface area (Å²) in [5, 5.41) is 17.9. The van der Waals surface area contributed by atoms with Crippen molar-refractivity contribution in [2.75, 3.05) is 0 Å². The number of carbonyl (C=O) groups excluding carboxylic acids is 4. The summed E-state index contributed by atoms with van der Waals surface area (Å²) in [6.45, 7) is 5.78. The molecule has 0 aromatic rings. The molecule has 0 saturated carbocycles. The van der Waals surface area contributed by atoms with E-state index in [4.69, 9.17) is 5.11 Å². The molecule has 0 aliphatic heterocycles. The zero-order chi connectivity index (χ0) is 18.9. The van der Waals surface area contributed by atoms with Crippen LogP contribution in [-0.4, -0.2) is 53.0 Å². The Morgan fingerprint density at radius 1 is 0.750 bits per heavy atom. The first-order valence-electron chi connectivity index (χ1n) is 7.54. The number of carboxylic acids is 1. The second kappa shape index (κ2) is 10.2. The Bertz CT molecular complexity index is 489.